The molecule has 0 spiro atoms. The van der Waals surface area contributed by atoms with Crippen LogP contribution < -0.4 is 15.8 Å². The fraction of sp³-hybridized carbons (Fsp3) is 0.500. The third-order valence-corrected chi connectivity index (χ3v) is 2.94. The highest BCUT2D eigenvalue weighted by Crippen LogP contribution is 2.29. The molecule has 3 N–H and O–H groups in total. The van der Waals surface area contributed by atoms with Crippen molar-refractivity contribution >= 4 is 11.6 Å². The van der Waals surface area contributed by atoms with Gasteiger partial charge in [-0.1, -0.05) is 6.07 Å². The molecule has 0 aliphatic rings. The Morgan fingerprint density at radius 1 is 1.33 bits per heavy atom. The second-order valence-electron chi connectivity index (χ2n) is 4.38. The predicted octanol–water partition coefficient (Wildman–Crippen LogP) is 2.38. The highest BCUT2D eigenvalue weighted by molar-refractivity contribution is 5.91. The molecule has 4 heteroatoms. The monoisotopic (exact) mass is 250 g/mol. The Balaban J connectivity index is 2.70. The Morgan fingerprint density at radius 2 is 2.06 bits per heavy atom. The largest absolute Gasteiger partial charge is 0.496 e. The summed E-state index contributed by atoms with van der Waals surface area (Å²) in [5, 5.41) is 2.91. The molecule has 0 saturated carbocycles. The highest BCUT2D eigenvalue weighted by atomic mass is 16.5. The molecule has 1 aromatic rings. The first-order chi connectivity index (χ1) is 8.60. The van der Waals surface area contributed by atoms with Gasteiger partial charge >= 0.3 is 0 Å². The van der Waals surface area contributed by atoms with E-state index in [1.165, 1.54) is 0 Å². The van der Waals surface area contributed by atoms with Crippen molar-refractivity contribution in [2.24, 2.45) is 5.73 Å². The first-order valence-corrected chi connectivity index (χ1v) is 6.24. The number of hydrogen-bond acceptors (Lipinski definition) is 3. The van der Waals surface area contributed by atoms with E-state index in [1.807, 2.05) is 26.0 Å². The summed E-state index contributed by atoms with van der Waals surface area (Å²) in [5.41, 5.74) is 8.24. The van der Waals surface area contributed by atoms with E-state index in [0.29, 0.717) is 13.0 Å². The van der Waals surface area contributed by atoms with Crippen molar-refractivity contribution < 1.29 is 9.53 Å². The van der Waals surface area contributed by atoms with Gasteiger partial charge in [0.1, 0.15) is 5.75 Å². The second kappa shape index (κ2) is 7.01. The molecule has 0 radical (unpaired) electrons. The van der Waals surface area contributed by atoms with Crippen LogP contribution in [-0.2, 0) is 4.79 Å². The van der Waals surface area contributed by atoms with E-state index in [1.54, 1.807) is 7.11 Å². The summed E-state index contributed by atoms with van der Waals surface area (Å²) >= 11 is 0. The number of methoxy groups -OCH3 is 1. The number of ether oxygens (including phenoxy) is 1. The van der Waals surface area contributed by atoms with Crippen molar-refractivity contribution in [1.82, 2.24) is 0 Å². The average molecular weight is 250 g/mol. The molecule has 0 aliphatic heterocycles. The van der Waals surface area contributed by atoms with Crippen molar-refractivity contribution in [2.45, 2.75) is 33.1 Å². The number of nitrogens with two attached hydrogens (primary N) is 1. The number of amides is 1. The average Bonchev–Trinajstić information content (AvgIpc) is 2.34. The summed E-state index contributed by atoms with van der Waals surface area (Å²) in [7, 11) is 1.64. The second-order valence-corrected chi connectivity index (χ2v) is 4.38. The standard InChI is InChI=1S/C14H22N2O2/c1-10-7-8-12(11(2)14(10)18-3)16-13(17)6-4-5-9-15/h7-8H,4-6,9,15H2,1-3H3,(H,16,17). The summed E-state index contributed by atoms with van der Waals surface area (Å²) in [6.45, 7) is 4.56. The third kappa shape index (κ3) is 3.74. The molecule has 4 nitrogen and oxygen atoms in total. The minimum absolute atomic E-state index is 0.0254. The first kappa shape index (κ1) is 14.5. The molecular weight excluding hydrogens is 228 g/mol. The molecule has 100 valence electrons. The highest BCUT2D eigenvalue weighted by Gasteiger charge is 2.10. The molecule has 0 bridgehead atoms. The first-order valence-electron chi connectivity index (χ1n) is 6.24. The van der Waals surface area contributed by atoms with Crippen LogP contribution in [0.3, 0.4) is 0 Å². The van der Waals surface area contributed by atoms with E-state index in [9.17, 15) is 4.79 Å². The van der Waals surface area contributed by atoms with Crippen LogP contribution in [0.4, 0.5) is 5.69 Å². The fourth-order valence-corrected chi connectivity index (χ4v) is 1.92. The number of carbonyl (C=O) groups excluding carboxylic acids is 1. The van der Waals surface area contributed by atoms with Gasteiger partial charge in [0.2, 0.25) is 5.91 Å². The molecule has 0 saturated heterocycles. The number of aryl methyl sites for hydroxylation is 1. The van der Waals surface area contributed by atoms with E-state index < -0.39 is 0 Å². The lowest BCUT2D eigenvalue weighted by atomic mass is 10.1. The van der Waals surface area contributed by atoms with Gasteiger partial charge in [-0.2, -0.15) is 0 Å². The lowest BCUT2D eigenvalue weighted by molar-refractivity contribution is -0.116. The normalized spacial score (nSPS) is 10.2. The molecule has 0 fully saturated rings. The van der Waals surface area contributed by atoms with Crippen LogP contribution in [0.15, 0.2) is 12.1 Å². The quantitative estimate of drug-likeness (QED) is 0.762. The van der Waals surface area contributed by atoms with Gasteiger partial charge in [0.15, 0.2) is 0 Å². The van der Waals surface area contributed by atoms with Crippen molar-refractivity contribution in [3.8, 4) is 5.75 Å². The number of anilines is 1. The number of rotatable bonds is 6. The lowest BCUT2D eigenvalue weighted by Gasteiger charge is -2.14. The van der Waals surface area contributed by atoms with Gasteiger partial charge in [-0.05, 0) is 44.9 Å². The summed E-state index contributed by atoms with van der Waals surface area (Å²) in [4.78, 5) is 11.7. The lowest BCUT2D eigenvalue weighted by Crippen LogP contribution is -2.13. The van der Waals surface area contributed by atoms with Crippen molar-refractivity contribution in [3.05, 3.63) is 23.3 Å². The molecule has 0 unspecified atom stereocenters. The van der Waals surface area contributed by atoms with E-state index in [0.717, 1.165) is 35.4 Å². The van der Waals surface area contributed by atoms with Gasteiger partial charge in [0.25, 0.3) is 0 Å². The van der Waals surface area contributed by atoms with Crippen LogP contribution in [0.5, 0.6) is 5.75 Å². The maximum Gasteiger partial charge on any atom is 0.224 e. The SMILES string of the molecule is COc1c(C)ccc(NC(=O)CCCCN)c1C. The smallest absolute Gasteiger partial charge is 0.224 e. The van der Waals surface area contributed by atoms with Gasteiger partial charge in [0.05, 0.1) is 7.11 Å². The Labute approximate surface area is 109 Å². The summed E-state index contributed by atoms with van der Waals surface area (Å²) in [6.07, 6.45) is 2.21. The topological polar surface area (TPSA) is 64.3 Å². The van der Waals surface area contributed by atoms with Crippen LogP contribution >= 0.6 is 0 Å². The predicted molar refractivity (Wildman–Crippen MR) is 74.0 cm³/mol. The number of unbranched alkanes of at least 4 members (excludes halogenated alkanes) is 1. The zero-order valence-electron chi connectivity index (χ0n) is 11.4. The molecule has 0 heterocycles. The molecule has 18 heavy (non-hydrogen) atoms. The van der Waals surface area contributed by atoms with Gasteiger partial charge < -0.3 is 15.8 Å². The van der Waals surface area contributed by atoms with E-state index in [2.05, 4.69) is 5.32 Å². The number of carbonyl (C=O) groups is 1. The maximum absolute atomic E-state index is 11.7. The Kier molecular flexibility index (Phi) is 5.65. The fourth-order valence-electron chi connectivity index (χ4n) is 1.92. The molecule has 0 aliphatic carbocycles. The zero-order chi connectivity index (χ0) is 13.5. The number of nitrogens with one attached hydrogen (secondary N) is 1. The summed E-state index contributed by atoms with van der Waals surface area (Å²) in [6, 6.07) is 3.86. The number of benzene rings is 1. The van der Waals surface area contributed by atoms with E-state index in [-0.39, 0.29) is 5.91 Å². The minimum atomic E-state index is 0.0254. The van der Waals surface area contributed by atoms with Gasteiger partial charge in [-0.15, -0.1) is 0 Å². The Hall–Kier alpha value is -1.55. The molecule has 1 aromatic carbocycles. The van der Waals surface area contributed by atoms with E-state index >= 15 is 0 Å². The Morgan fingerprint density at radius 3 is 2.67 bits per heavy atom. The maximum atomic E-state index is 11.7. The minimum Gasteiger partial charge on any atom is -0.496 e. The van der Waals surface area contributed by atoms with Crippen molar-refractivity contribution in [1.29, 1.82) is 0 Å². The third-order valence-electron chi connectivity index (χ3n) is 2.94. The van der Waals surface area contributed by atoms with Gasteiger partial charge in [-0.3, -0.25) is 4.79 Å². The Bertz CT molecular complexity index is 417. The van der Waals surface area contributed by atoms with Crippen LogP contribution in [-0.4, -0.2) is 19.6 Å². The summed E-state index contributed by atoms with van der Waals surface area (Å²) in [5.74, 6) is 0.854. The van der Waals surface area contributed by atoms with Gasteiger partial charge in [0, 0.05) is 17.7 Å². The van der Waals surface area contributed by atoms with E-state index in [4.69, 9.17) is 10.5 Å². The molecule has 1 amide bonds. The van der Waals surface area contributed by atoms with Crippen molar-refractivity contribution in [3.63, 3.8) is 0 Å². The van der Waals surface area contributed by atoms with Crippen LogP contribution in [0.1, 0.15) is 30.4 Å². The van der Waals surface area contributed by atoms with Gasteiger partial charge in [-0.25, -0.2) is 0 Å². The molecule has 0 atom stereocenters. The zero-order valence-corrected chi connectivity index (χ0v) is 11.4. The van der Waals surface area contributed by atoms with Crippen LogP contribution in [0.2, 0.25) is 0 Å². The molecule has 0 aromatic heterocycles. The van der Waals surface area contributed by atoms with Crippen molar-refractivity contribution in [2.75, 3.05) is 19.0 Å². The number of hydrogen-bond donors (Lipinski definition) is 2. The molecular formula is C14H22N2O2. The van der Waals surface area contributed by atoms with Crippen LogP contribution in [0, 0.1) is 13.8 Å². The molecule has 1 rings (SSSR count). The summed E-state index contributed by atoms with van der Waals surface area (Å²) < 4.78 is 5.33. The van der Waals surface area contributed by atoms with Crippen LogP contribution in [0.25, 0.3) is 0 Å².